The molecule has 0 atom stereocenters. The van der Waals surface area contributed by atoms with E-state index in [1.54, 1.807) is 12.1 Å². The van der Waals surface area contributed by atoms with E-state index in [0.29, 0.717) is 18.4 Å². The molecule has 2 aromatic rings. The van der Waals surface area contributed by atoms with Crippen molar-refractivity contribution in [2.75, 3.05) is 6.61 Å². The standard InChI is InChI=1S/C14H17FN2O/c1-10-13(17(2)14(16-10)7-8-18)9-11-5-3-4-6-12(11)15/h3-6,18H,7-9H2,1-2H3. The Bertz CT molecular complexity index is 549. The minimum Gasteiger partial charge on any atom is -0.396 e. The Morgan fingerprint density at radius 1 is 1.33 bits per heavy atom. The molecule has 1 aromatic carbocycles. The summed E-state index contributed by atoms with van der Waals surface area (Å²) >= 11 is 0. The van der Waals surface area contributed by atoms with Crippen LogP contribution >= 0.6 is 0 Å². The topological polar surface area (TPSA) is 38.1 Å². The van der Waals surface area contributed by atoms with Gasteiger partial charge in [0, 0.05) is 25.6 Å². The summed E-state index contributed by atoms with van der Waals surface area (Å²) in [5, 5.41) is 8.96. The van der Waals surface area contributed by atoms with Crippen molar-refractivity contribution in [1.29, 1.82) is 0 Å². The summed E-state index contributed by atoms with van der Waals surface area (Å²) in [4.78, 5) is 4.41. The average molecular weight is 248 g/mol. The number of rotatable bonds is 4. The first kappa shape index (κ1) is 12.8. The van der Waals surface area contributed by atoms with Crippen molar-refractivity contribution in [3.63, 3.8) is 0 Å². The van der Waals surface area contributed by atoms with E-state index in [1.165, 1.54) is 6.07 Å². The Balaban J connectivity index is 2.32. The predicted molar refractivity (Wildman–Crippen MR) is 67.9 cm³/mol. The van der Waals surface area contributed by atoms with Crippen molar-refractivity contribution in [2.24, 2.45) is 7.05 Å². The highest BCUT2D eigenvalue weighted by molar-refractivity contribution is 5.27. The zero-order valence-corrected chi connectivity index (χ0v) is 10.7. The molecule has 3 nitrogen and oxygen atoms in total. The number of halogens is 1. The molecule has 2 rings (SSSR count). The van der Waals surface area contributed by atoms with E-state index in [0.717, 1.165) is 17.2 Å². The maximum atomic E-state index is 13.6. The summed E-state index contributed by atoms with van der Waals surface area (Å²) in [5.74, 6) is 0.642. The van der Waals surface area contributed by atoms with Gasteiger partial charge in [0.15, 0.2) is 0 Å². The highest BCUT2D eigenvalue weighted by Crippen LogP contribution is 2.17. The van der Waals surface area contributed by atoms with Crippen LogP contribution in [0.15, 0.2) is 24.3 Å². The second-order valence-electron chi connectivity index (χ2n) is 4.36. The van der Waals surface area contributed by atoms with Crippen LogP contribution in [0.1, 0.15) is 22.8 Å². The van der Waals surface area contributed by atoms with Gasteiger partial charge in [-0.1, -0.05) is 18.2 Å². The van der Waals surface area contributed by atoms with Gasteiger partial charge in [-0.15, -0.1) is 0 Å². The number of benzene rings is 1. The fourth-order valence-corrected chi connectivity index (χ4v) is 2.12. The molecule has 0 fully saturated rings. The van der Waals surface area contributed by atoms with E-state index in [1.807, 2.05) is 24.6 Å². The second kappa shape index (κ2) is 5.31. The number of imidazole rings is 1. The summed E-state index contributed by atoms with van der Waals surface area (Å²) in [6.45, 7) is 1.99. The van der Waals surface area contributed by atoms with Gasteiger partial charge in [-0.05, 0) is 18.6 Å². The first-order valence-electron chi connectivity index (χ1n) is 5.98. The molecule has 0 amide bonds. The molecule has 0 saturated heterocycles. The van der Waals surface area contributed by atoms with E-state index in [4.69, 9.17) is 5.11 Å². The van der Waals surface area contributed by atoms with Crippen molar-refractivity contribution >= 4 is 0 Å². The number of aryl methyl sites for hydroxylation is 1. The molecule has 0 aliphatic carbocycles. The van der Waals surface area contributed by atoms with Gasteiger partial charge >= 0.3 is 0 Å². The van der Waals surface area contributed by atoms with Crippen LogP contribution in [0.5, 0.6) is 0 Å². The summed E-state index contributed by atoms with van der Waals surface area (Å²) in [6, 6.07) is 6.77. The van der Waals surface area contributed by atoms with Gasteiger partial charge in [-0.25, -0.2) is 9.37 Å². The second-order valence-corrected chi connectivity index (χ2v) is 4.36. The lowest BCUT2D eigenvalue weighted by Crippen LogP contribution is -2.05. The lowest BCUT2D eigenvalue weighted by atomic mass is 10.1. The molecule has 0 saturated carbocycles. The smallest absolute Gasteiger partial charge is 0.126 e. The Labute approximate surface area is 106 Å². The van der Waals surface area contributed by atoms with E-state index < -0.39 is 0 Å². The molecule has 4 heteroatoms. The van der Waals surface area contributed by atoms with Crippen LogP contribution in [0.3, 0.4) is 0 Å². The van der Waals surface area contributed by atoms with Gasteiger partial charge < -0.3 is 9.67 Å². The van der Waals surface area contributed by atoms with Gasteiger partial charge in [0.1, 0.15) is 11.6 Å². The molecule has 0 spiro atoms. The van der Waals surface area contributed by atoms with E-state index in [-0.39, 0.29) is 12.4 Å². The van der Waals surface area contributed by atoms with E-state index in [2.05, 4.69) is 4.98 Å². The zero-order valence-electron chi connectivity index (χ0n) is 10.7. The number of hydrogen-bond acceptors (Lipinski definition) is 2. The third kappa shape index (κ3) is 2.43. The highest BCUT2D eigenvalue weighted by Gasteiger charge is 2.13. The lowest BCUT2D eigenvalue weighted by molar-refractivity contribution is 0.295. The number of aliphatic hydroxyl groups excluding tert-OH is 1. The molecule has 1 N–H and O–H groups in total. The molecule has 1 heterocycles. The summed E-state index contributed by atoms with van der Waals surface area (Å²) in [7, 11) is 1.90. The first-order chi connectivity index (χ1) is 8.63. The average Bonchev–Trinajstić information content (AvgIpc) is 2.60. The van der Waals surface area contributed by atoms with Crippen LogP contribution in [-0.4, -0.2) is 21.3 Å². The van der Waals surface area contributed by atoms with Gasteiger partial charge in [-0.3, -0.25) is 0 Å². The first-order valence-corrected chi connectivity index (χ1v) is 5.98. The van der Waals surface area contributed by atoms with Crippen LogP contribution in [0, 0.1) is 12.7 Å². The van der Waals surface area contributed by atoms with Crippen molar-refractivity contribution in [3.05, 3.63) is 52.9 Å². The number of aromatic nitrogens is 2. The zero-order chi connectivity index (χ0) is 13.1. The molecule has 18 heavy (non-hydrogen) atoms. The van der Waals surface area contributed by atoms with Crippen molar-refractivity contribution < 1.29 is 9.50 Å². The van der Waals surface area contributed by atoms with Gasteiger partial charge in [0.2, 0.25) is 0 Å². The molecule has 0 radical (unpaired) electrons. The Morgan fingerprint density at radius 2 is 2.06 bits per heavy atom. The molecule has 0 aliphatic heterocycles. The van der Waals surface area contributed by atoms with Crippen molar-refractivity contribution in [2.45, 2.75) is 19.8 Å². The van der Waals surface area contributed by atoms with Crippen LogP contribution in [0.4, 0.5) is 4.39 Å². The van der Waals surface area contributed by atoms with E-state index in [9.17, 15) is 4.39 Å². The van der Waals surface area contributed by atoms with Crippen molar-refractivity contribution in [1.82, 2.24) is 9.55 Å². The normalized spacial score (nSPS) is 10.9. The Kier molecular flexibility index (Phi) is 3.77. The quantitative estimate of drug-likeness (QED) is 0.898. The van der Waals surface area contributed by atoms with Crippen molar-refractivity contribution in [3.8, 4) is 0 Å². The fraction of sp³-hybridized carbons (Fsp3) is 0.357. The SMILES string of the molecule is Cc1nc(CCO)n(C)c1Cc1ccccc1F. The molecule has 96 valence electrons. The monoisotopic (exact) mass is 248 g/mol. The molecule has 1 aromatic heterocycles. The molecular formula is C14H17FN2O. The van der Waals surface area contributed by atoms with Gasteiger partial charge in [0.25, 0.3) is 0 Å². The molecular weight excluding hydrogens is 231 g/mol. The lowest BCUT2D eigenvalue weighted by Gasteiger charge is -2.07. The molecule has 0 unspecified atom stereocenters. The number of aliphatic hydroxyl groups is 1. The summed E-state index contributed by atoms with van der Waals surface area (Å²) < 4.78 is 15.6. The van der Waals surface area contributed by atoms with Gasteiger partial charge in [0.05, 0.1) is 12.3 Å². The third-order valence-corrected chi connectivity index (χ3v) is 3.16. The fourth-order valence-electron chi connectivity index (χ4n) is 2.12. The van der Waals surface area contributed by atoms with Crippen LogP contribution in [0.2, 0.25) is 0 Å². The molecule has 0 bridgehead atoms. The maximum Gasteiger partial charge on any atom is 0.126 e. The van der Waals surface area contributed by atoms with Crippen LogP contribution in [0.25, 0.3) is 0 Å². The highest BCUT2D eigenvalue weighted by atomic mass is 19.1. The van der Waals surface area contributed by atoms with Crippen LogP contribution < -0.4 is 0 Å². The number of hydrogen-bond donors (Lipinski definition) is 1. The maximum absolute atomic E-state index is 13.6. The van der Waals surface area contributed by atoms with Gasteiger partial charge in [-0.2, -0.15) is 0 Å². The Morgan fingerprint density at radius 3 is 2.72 bits per heavy atom. The Hall–Kier alpha value is -1.68. The minimum atomic E-state index is -0.193. The number of nitrogens with zero attached hydrogens (tertiary/aromatic N) is 2. The largest absolute Gasteiger partial charge is 0.396 e. The predicted octanol–water partition coefficient (Wildman–Crippen LogP) is 1.99. The van der Waals surface area contributed by atoms with Crippen LogP contribution in [-0.2, 0) is 19.9 Å². The molecule has 0 aliphatic rings. The minimum absolute atomic E-state index is 0.0728. The van der Waals surface area contributed by atoms with E-state index >= 15 is 0 Å². The summed E-state index contributed by atoms with van der Waals surface area (Å²) in [6.07, 6.45) is 1.04. The summed E-state index contributed by atoms with van der Waals surface area (Å²) in [5.41, 5.74) is 2.55. The third-order valence-electron chi connectivity index (χ3n) is 3.16.